The fourth-order valence-electron chi connectivity index (χ4n) is 2.36. The molecule has 0 spiro atoms. The molecule has 27 heavy (non-hydrogen) atoms. The predicted molar refractivity (Wildman–Crippen MR) is 99.7 cm³/mol. The molecule has 148 valence electrons. The summed E-state index contributed by atoms with van der Waals surface area (Å²) in [6.07, 6.45) is 0.589. The average molecular weight is 378 g/mol. The van der Waals surface area contributed by atoms with Crippen molar-refractivity contribution in [3.63, 3.8) is 0 Å². The van der Waals surface area contributed by atoms with Gasteiger partial charge in [0.2, 0.25) is 0 Å². The van der Waals surface area contributed by atoms with E-state index in [9.17, 15) is 0 Å². The molecule has 3 N–H and O–H groups in total. The Morgan fingerprint density at radius 1 is 0.630 bits per heavy atom. The second kappa shape index (κ2) is 12.1. The van der Waals surface area contributed by atoms with E-state index in [2.05, 4.69) is 0 Å². The van der Waals surface area contributed by atoms with Gasteiger partial charge in [-0.05, 0) is 48.9 Å². The third kappa shape index (κ3) is 7.44. The number of aliphatic hydroxyl groups is 3. The van der Waals surface area contributed by atoms with Crippen LogP contribution in [0, 0.1) is 0 Å². The van der Waals surface area contributed by atoms with E-state index in [1.807, 2.05) is 6.07 Å². The van der Waals surface area contributed by atoms with Crippen LogP contribution in [0.5, 0.6) is 23.0 Å². The Hall–Kier alpha value is -2.32. The molecule has 0 aliphatic carbocycles. The fraction of sp³-hybridized carbons (Fsp3) is 0.400. The van der Waals surface area contributed by atoms with Crippen molar-refractivity contribution >= 4 is 0 Å². The highest BCUT2D eigenvalue weighted by molar-refractivity contribution is 5.43. The van der Waals surface area contributed by atoms with Crippen LogP contribution in [0.1, 0.15) is 5.56 Å². The molecule has 2 aromatic rings. The summed E-state index contributed by atoms with van der Waals surface area (Å²) in [4.78, 5) is 0. The van der Waals surface area contributed by atoms with Gasteiger partial charge in [-0.1, -0.05) is 0 Å². The molecule has 2 aromatic carbocycles. The molecule has 0 amide bonds. The SMILES string of the molecule is OCCOCCc1cc(Oc2ccc(OCCO)cc2)ccc1OCCO. The van der Waals surface area contributed by atoms with Crippen LogP contribution in [0.15, 0.2) is 42.5 Å². The lowest BCUT2D eigenvalue weighted by Gasteiger charge is -2.14. The summed E-state index contributed by atoms with van der Waals surface area (Å²) in [5, 5.41) is 26.5. The molecule has 0 aromatic heterocycles. The molecule has 7 heteroatoms. The fourth-order valence-corrected chi connectivity index (χ4v) is 2.36. The van der Waals surface area contributed by atoms with Gasteiger partial charge in [0.1, 0.15) is 36.2 Å². The van der Waals surface area contributed by atoms with E-state index in [1.165, 1.54) is 0 Å². The molecule has 7 nitrogen and oxygen atoms in total. The minimum atomic E-state index is -0.0661. The van der Waals surface area contributed by atoms with Crippen molar-refractivity contribution in [2.45, 2.75) is 6.42 Å². The molecule has 0 heterocycles. The van der Waals surface area contributed by atoms with Crippen LogP contribution in [0.3, 0.4) is 0 Å². The third-order valence-electron chi connectivity index (χ3n) is 3.55. The lowest BCUT2D eigenvalue weighted by Crippen LogP contribution is -2.07. The lowest BCUT2D eigenvalue weighted by molar-refractivity contribution is 0.0939. The van der Waals surface area contributed by atoms with Crippen LogP contribution in [0.4, 0.5) is 0 Å². The van der Waals surface area contributed by atoms with Gasteiger partial charge in [0, 0.05) is 5.56 Å². The van der Waals surface area contributed by atoms with E-state index >= 15 is 0 Å². The van der Waals surface area contributed by atoms with Crippen molar-refractivity contribution in [2.75, 3.05) is 46.2 Å². The maximum absolute atomic E-state index is 8.96. The Morgan fingerprint density at radius 3 is 1.96 bits per heavy atom. The summed E-state index contributed by atoms with van der Waals surface area (Å²) < 4.78 is 22.1. The monoisotopic (exact) mass is 378 g/mol. The highest BCUT2D eigenvalue weighted by Gasteiger charge is 2.08. The molecule has 0 fully saturated rings. The van der Waals surface area contributed by atoms with Gasteiger partial charge in [-0.25, -0.2) is 0 Å². The minimum Gasteiger partial charge on any atom is -0.491 e. The number of rotatable bonds is 13. The first-order valence-corrected chi connectivity index (χ1v) is 8.83. The van der Waals surface area contributed by atoms with Crippen LogP contribution in [0.2, 0.25) is 0 Å². The van der Waals surface area contributed by atoms with Crippen LogP contribution in [0.25, 0.3) is 0 Å². The number of aliphatic hydroxyl groups excluding tert-OH is 3. The number of hydrogen-bond donors (Lipinski definition) is 3. The van der Waals surface area contributed by atoms with E-state index in [0.29, 0.717) is 36.0 Å². The Kier molecular flexibility index (Phi) is 9.43. The van der Waals surface area contributed by atoms with E-state index < -0.39 is 0 Å². The zero-order valence-corrected chi connectivity index (χ0v) is 15.2. The van der Waals surface area contributed by atoms with Crippen LogP contribution >= 0.6 is 0 Å². The van der Waals surface area contributed by atoms with Crippen LogP contribution in [-0.4, -0.2) is 61.6 Å². The molecule has 0 aliphatic heterocycles. The van der Waals surface area contributed by atoms with E-state index in [-0.39, 0.29) is 39.6 Å². The highest BCUT2D eigenvalue weighted by Crippen LogP contribution is 2.29. The van der Waals surface area contributed by atoms with E-state index in [4.69, 9.17) is 34.3 Å². The van der Waals surface area contributed by atoms with Crippen molar-refractivity contribution in [1.82, 2.24) is 0 Å². The van der Waals surface area contributed by atoms with E-state index in [0.717, 1.165) is 5.56 Å². The summed E-state index contributed by atoms with van der Waals surface area (Å²) in [5.74, 6) is 2.62. The van der Waals surface area contributed by atoms with E-state index in [1.54, 1.807) is 36.4 Å². The van der Waals surface area contributed by atoms with Gasteiger partial charge in [-0.3, -0.25) is 0 Å². The largest absolute Gasteiger partial charge is 0.491 e. The molecule has 2 rings (SSSR count). The summed E-state index contributed by atoms with van der Waals surface area (Å²) in [7, 11) is 0. The number of ether oxygens (including phenoxy) is 4. The third-order valence-corrected chi connectivity index (χ3v) is 3.55. The lowest BCUT2D eigenvalue weighted by atomic mass is 10.1. The first kappa shape index (κ1) is 21.0. The molecule has 0 saturated heterocycles. The minimum absolute atomic E-state index is 0.0188. The Labute approximate surface area is 158 Å². The zero-order valence-electron chi connectivity index (χ0n) is 15.2. The van der Waals surface area contributed by atoms with Crippen molar-refractivity contribution in [1.29, 1.82) is 0 Å². The maximum Gasteiger partial charge on any atom is 0.127 e. The van der Waals surface area contributed by atoms with Crippen molar-refractivity contribution in [3.05, 3.63) is 48.0 Å². The Morgan fingerprint density at radius 2 is 1.26 bits per heavy atom. The van der Waals surface area contributed by atoms with Gasteiger partial charge in [-0.15, -0.1) is 0 Å². The van der Waals surface area contributed by atoms with Gasteiger partial charge < -0.3 is 34.3 Å². The Bertz CT molecular complexity index is 658. The van der Waals surface area contributed by atoms with Crippen molar-refractivity contribution in [3.8, 4) is 23.0 Å². The predicted octanol–water partition coefficient (Wildman–Crippen LogP) is 1.77. The van der Waals surface area contributed by atoms with Crippen molar-refractivity contribution < 1.29 is 34.3 Å². The van der Waals surface area contributed by atoms with Gasteiger partial charge in [0.15, 0.2) is 0 Å². The molecule has 0 aliphatic rings. The first-order chi connectivity index (χ1) is 13.3. The van der Waals surface area contributed by atoms with Crippen LogP contribution < -0.4 is 14.2 Å². The van der Waals surface area contributed by atoms with Gasteiger partial charge in [0.05, 0.1) is 33.0 Å². The van der Waals surface area contributed by atoms with Crippen molar-refractivity contribution in [2.24, 2.45) is 0 Å². The highest BCUT2D eigenvalue weighted by atomic mass is 16.5. The molecular formula is C20H26O7. The normalized spacial score (nSPS) is 10.6. The van der Waals surface area contributed by atoms with Gasteiger partial charge >= 0.3 is 0 Å². The second-order valence-corrected chi connectivity index (χ2v) is 5.57. The molecule has 0 atom stereocenters. The average Bonchev–Trinajstić information content (AvgIpc) is 2.70. The molecule has 0 unspecified atom stereocenters. The number of benzene rings is 2. The molecule has 0 radical (unpaired) electrons. The zero-order chi connectivity index (χ0) is 19.3. The summed E-state index contributed by atoms with van der Waals surface area (Å²) in [5.41, 5.74) is 0.891. The topological polar surface area (TPSA) is 97.6 Å². The van der Waals surface area contributed by atoms with Gasteiger partial charge in [0.25, 0.3) is 0 Å². The smallest absolute Gasteiger partial charge is 0.127 e. The second-order valence-electron chi connectivity index (χ2n) is 5.57. The first-order valence-electron chi connectivity index (χ1n) is 8.83. The quantitative estimate of drug-likeness (QED) is 0.457. The molecule has 0 bridgehead atoms. The standard InChI is InChI=1S/C20H26O7/c21-8-12-24-11-7-16-15-19(5-6-20(16)26-14-10-23)27-18-3-1-17(2-4-18)25-13-9-22/h1-6,15,21-23H,7-14H2. The summed E-state index contributed by atoms with van der Waals surface area (Å²) in [6.45, 7) is 1.06. The maximum atomic E-state index is 8.96. The summed E-state index contributed by atoms with van der Waals surface area (Å²) >= 11 is 0. The molecule has 0 saturated carbocycles. The number of hydrogen-bond acceptors (Lipinski definition) is 7. The van der Waals surface area contributed by atoms with Crippen LogP contribution in [-0.2, 0) is 11.2 Å². The molecular weight excluding hydrogens is 352 g/mol. The Balaban J connectivity index is 2.04. The summed E-state index contributed by atoms with van der Waals surface area (Å²) in [6, 6.07) is 12.6. The van der Waals surface area contributed by atoms with Gasteiger partial charge in [-0.2, -0.15) is 0 Å².